The minimum absolute atomic E-state index is 0.0870. The highest BCUT2D eigenvalue weighted by Crippen LogP contribution is 2.29. The van der Waals surface area contributed by atoms with E-state index in [1.165, 1.54) is 16.6 Å². The highest BCUT2D eigenvalue weighted by molar-refractivity contribution is 5.80. The summed E-state index contributed by atoms with van der Waals surface area (Å²) in [6, 6.07) is 10.7. The number of likely N-dealkylation sites (tertiary alicyclic amines) is 1. The first-order chi connectivity index (χ1) is 10.8. The summed E-state index contributed by atoms with van der Waals surface area (Å²) >= 11 is 0. The number of carbonyl (C=O) groups excluding carboxylic acids is 1. The van der Waals surface area contributed by atoms with Gasteiger partial charge in [-0.2, -0.15) is 0 Å². The summed E-state index contributed by atoms with van der Waals surface area (Å²) in [5.41, 5.74) is 2.54. The molecule has 1 amide bonds. The molecule has 22 heavy (non-hydrogen) atoms. The monoisotopic (exact) mass is 297 g/mol. The number of hydrogen-bond acceptors (Lipinski definition) is 2. The van der Waals surface area contributed by atoms with Crippen molar-refractivity contribution < 1.29 is 4.79 Å². The van der Waals surface area contributed by atoms with Gasteiger partial charge in [0.25, 0.3) is 0 Å². The number of nitrogens with one attached hydrogen (secondary N) is 2. The summed E-state index contributed by atoms with van der Waals surface area (Å²) in [7, 11) is 0. The molecule has 0 saturated carbocycles. The Balaban J connectivity index is 1.55. The lowest BCUT2D eigenvalue weighted by Gasteiger charge is -2.31. The lowest BCUT2D eigenvalue weighted by molar-refractivity contribution is -0.122. The van der Waals surface area contributed by atoms with Gasteiger partial charge in [0.15, 0.2) is 0 Å². The fourth-order valence-electron chi connectivity index (χ4n) is 3.16. The number of carbonyl (C=O) groups is 1. The van der Waals surface area contributed by atoms with Gasteiger partial charge in [-0.25, -0.2) is 0 Å². The molecule has 3 rings (SSSR count). The molecule has 1 saturated heterocycles. The highest BCUT2D eigenvalue weighted by atomic mass is 16.2. The Kier molecular flexibility index (Phi) is 4.59. The Morgan fingerprint density at radius 2 is 2.14 bits per heavy atom. The number of H-pyrrole nitrogens is 1. The molecule has 2 aromatic rings. The van der Waals surface area contributed by atoms with Gasteiger partial charge < -0.3 is 10.3 Å². The quantitative estimate of drug-likeness (QED) is 0.834. The van der Waals surface area contributed by atoms with Crippen molar-refractivity contribution in [2.24, 2.45) is 0 Å². The van der Waals surface area contributed by atoms with Gasteiger partial charge in [0, 0.05) is 23.7 Å². The number of fused-ring (bicyclic) bond motifs is 1. The molecule has 4 heteroatoms. The van der Waals surface area contributed by atoms with E-state index in [1.807, 2.05) is 0 Å². The maximum Gasteiger partial charge on any atom is 0.234 e. The molecule has 1 aliphatic rings. The third kappa shape index (κ3) is 3.39. The van der Waals surface area contributed by atoms with Crippen molar-refractivity contribution in [2.45, 2.75) is 18.8 Å². The van der Waals surface area contributed by atoms with E-state index in [1.54, 1.807) is 6.08 Å². The van der Waals surface area contributed by atoms with E-state index >= 15 is 0 Å². The second-order valence-corrected chi connectivity index (χ2v) is 5.96. The zero-order chi connectivity index (χ0) is 15.4. The lowest BCUT2D eigenvalue weighted by atomic mass is 9.93. The standard InChI is InChI=1S/C18H23N3O/c1-2-9-19-18(22)13-21-10-7-14(8-11-21)17-12-15-5-3-4-6-16(15)20-17/h2-6,12,14,20H,1,7-11,13H2,(H,19,22). The fourth-order valence-corrected chi connectivity index (χ4v) is 3.16. The molecule has 2 N–H and O–H groups in total. The minimum atomic E-state index is 0.0870. The van der Waals surface area contributed by atoms with Crippen LogP contribution in [0.3, 0.4) is 0 Å². The first kappa shape index (κ1) is 14.9. The van der Waals surface area contributed by atoms with Crippen LogP contribution in [-0.4, -0.2) is 42.0 Å². The summed E-state index contributed by atoms with van der Waals surface area (Å²) in [5, 5.41) is 4.12. The summed E-state index contributed by atoms with van der Waals surface area (Å²) in [6.45, 7) is 6.60. The summed E-state index contributed by atoms with van der Waals surface area (Å²) in [4.78, 5) is 17.5. The van der Waals surface area contributed by atoms with Crippen LogP contribution in [0.25, 0.3) is 10.9 Å². The van der Waals surface area contributed by atoms with Crippen molar-refractivity contribution in [3.63, 3.8) is 0 Å². The zero-order valence-corrected chi connectivity index (χ0v) is 12.8. The van der Waals surface area contributed by atoms with Crippen molar-refractivity contribution in [3.8, 4) is 0 Å². The van der Waals surface area contributed by atoms with Gasteiger partial charge in [0.1, 0.15) is 0 Å². The van der Waals surface area contributed by atoms with E-state index in [4.69, 9.17) is 0 Å². The Morgan fingerprint density at radius 3 is 2.86 bits per heavy atom. The van der Waals surface area contributed by atoms with Crippen molar-refractivity contribution in [2.75, 3.05) is 26.2 Å². The van der Waals surface area contributed by atoms with E-state index in [0.29, 0.717) is 19.0 Å². The number of nitrogens with zero attached hydrogens (tertiary/aromatic N) is 1. The number of benzene rings is 1. The molecule has 0 spiro atoms. The number of rotatable bonds is 5. The molecule has 1 aromatic carbocycles. The molecule has 1 aliphatic heterocycles. The smallest absolute Gasteiger partial charge is 0.234 e. The number of amides is 1. The van der Waals surface area contributed by atoms with E-state index < -0.39 is 0 Å². The van der Waals surface area contributed by atoms with Crippen LogP contribution in [0.4, 0.5) is 0 Å². The molecule has 116 valence electrons. The predicted molar refractivity (Wildman–Crippen MR) is 89.9 cm³/mol. The van der Waals surface area contributed by atoms with Crippen LogP contribution in [0.15, 0.2) is 43.0 Å². The largest absolute Gasteiger partial charge is 0.358 e. The van der Waals surface area contributed by atoms with Crippen LogP contribution in [-0.2, 0) is 4.79 Å². The second-order valence-electron chi connectivity index (χ2n) is 5.96. The van der Waals surface area contributed by atoms with Crippen LogP contribution in [0.2, 0.25) is 0 Å². The molecule has 0 atom stereocenters. The molecule has 1 fully saturated rings. The van der Waals surface area contributed by atoms with Crippen LogP contribution in [0.5, 0.6) is 0 Å². The normalized spacial score (nSPS) is 16.7. The van der Waals surface area contributed by atoms with Gasteiger partial charge in [0.05, 0.1) is 6.54 Å². The Morgan fingerprint density at radius 1 is 1.36 bits per heavy atom. The van der Waals surface area contributed by atoms with E-state index in [9.17, 15) is 4.79 Å². The van der Waals surface area contributed by atoms with Crippen LogP contribution >= 0.6 is 0 Å². The van der Waals surface area contributed by atoms with Crippen LogP contribution in [0, 0.1) is 0 Å². The third-order valence-corrected chi connectivity index (χ3v) is 4.39. The summed E-state index contributed by atoms with van der Waals surface area (Å²) in [5.74, 6) is 0.656. The Labute approximate surface area is 131 Å². The minimum Gasteiger partial charge on any atom is -0.358 e. The van der Waals surface area contributed by atoms with Gasteiger partial charge in [-0.3, -0.25) is 9.69 Å². The van der Waals surface area contributed by atoms with E-state index in [-0.39, 0.29) is 5.91 Å². The summed E-state index contributed by atoms with van der Waals surface area (Å²) in [6.07, 6.45) is 3.91. The van der Waals surface area contributed by atoms with Gasteiger partial charge in [0.2, 0.25) is 5.91 Å². The third-order valence-electron chi connectivity index (χ3n) is 4.39. The average molecular weight is 297 g/mol. The molecular weight excluding hydrogens is 274 g/mol. The summed E-state index contributed by atoms with van der Waals surface area (Å²) < 4.78 is 0. The number of para-hydroxylation sites is 1. The second kappa shape index (κ2) is 6.79. The maximum absolute atomic E-state index is 11.7. The molecule has 0 unspecified atom stereocenters. The van der Waals surface area contributed by atoms with E-state index in [0.717, 1.165) is 25.9 Å². The number of hydrogen-bond donors (Lipinski definition) is 2. The van der Waals surface area contributed by atoms with Gasteiger partial charge in [-0.05, 0) is 43.5 Å². The first-order valence-corrected chi connectivity index (χ1v) is 7.94. The molecule has 0 bridgehead atoms. The molecular formula is C18H23N3O. The van der Waals surface area contributed by atoms with Crippen molar-refractivity contribution in [3.05, 3.63) is 48.7 Å². The molecule has 4 nitrogen and oxygen atoms in total. The zero-order valence-electron chi connectivity index (χ0n) is 12.8. The lowest BCUT2D eigenvalue weighted by Crippen LogP contribution is -2.41. The highest BCUT2D eigenvalue weighted by Gasteiger charge is 2.22. The van der Waals surface area contributed by atoms with Crippen molar-refractivity contribution in [1.82, 2.24) is 15.2 Å². The van der Waals surface area contributed by atoms with Crippen molar-refractivity contribution in [1.29, 1.82) is 0 Å². The average Bonchev–Trinajstić information content (AvgIpc) is 2.97. The molecule has 0 radical (unpaired) electrons. The number of aromatic nitrogens is 1. The van der Waals surface area contributed by atoms with Crippen molar-refractivity contribution >= 4 is 16.8 Å². The molecule has 1 aromatic heterocycles. The topological polar surface area (TPSA) is 48.1 Å². The molecule has 0 aliphatic carbocycles. The molecule has 2 heterocycles. The Bertz CT molecular complexity index is 620. The number of aromatic amines is 1. The van der Waals surface area contributed by atoms with Gasteiger partial charge in [-0.15, -0.1) is 6.58 Å². The Hall–Kier alpha value is -2.07. The number of piperidine rings is 1. The van der Waals surface area contributed by atoms with Gasteiger partial charge in [-0.1, -0.05) is 24.3 Å². The maximum atomic E-state index is 11.7. The van der Waals surface area contributed by atoms with Crippen LogP contribution < -0.4 is 5.32 Å². The predicted octanol–water partition coefficient (Wildman–Crippen LogP) is 2.65. The van der Waals surface area contributed by atoms with Crippen LogP contribution in [0.1, 0.15) is 24.5 Å². The SMILES string of the molecule is C=CCNC(=O)CN1CCC(c2cc3ccccc3[nH]2)CC1. The van der Waals surface area contributed by atoms with E-state index in [2.05, 4.69) is 52.1 Å². The first-order valence-electron chi connectivity index (χ1n) is 7.94. The fraction of sp³-hybridized carbons (Fsp3) is 0.389. The van der Waals surface area contributed by atoms with Gasteiger partial charge >= 0.3 is 0 Å².